The highest BCUT2D eigenvalue weighted by Gasteiger charge is 2.20. The quantitative estimate of drug-likeness (QED) is 0.429. The van der Waals surface area contributed by atoms with Gasteiger partial charge in [-0.05, 0) is 30.1 Å². The van der Waals surface area contributed by atoms with Gasteiger partial charge < -0.3 is 0 Å². The second-order valence-corrected chi connectivity index (χ2v) is 7.67. The molecule has 1 aliphatic rings. The summed E-state index contributed by atoms with van der Waals surface area (Å²) in [5.41, 5.74) is 0. The fourth-order valence-electron chi connectivity index (χ4n) is 3.81. The van der Waals surface area contributed by atoms with E-state index in [1.54, 1.807) is 0 Å². The lowest BCUT2D eigenvalue weighted by molar-refractivity contribution is 0.241. The molecule has 1 aliphatic carbocycles. The molecule has 1 fully saturated rings. The third-order valence-electron chi connectivity index (χ3n) is 5.26. The number of rotatable bonds is 9. The summed E-state index contributed by atoms with van der Waals surface area (Å²) in [4.78, 5) is 0. The molecule has 0 saturated heterocycles. The van der Waals surface area contributed by atoms with Crippen LogP contribution in [0.1, 0.15) is 98.3 Å². The predicted octanol–water partition coefficient (Wildman–Crippen LogP) is 6.84. The molecule has 1 saturated carbocycles. The Balaban J connectivity index is 2.02. The van der Waals surface area contributed by atoms with Crippen LogP contribution >= 0.6 is 0 Å². The van der Waals surface area contributed by atoms with Gasteiger partial charge in [0.15, 0.2) is 0 Å². The maximum atomic E-state index is 2.47. The molecule has 19 heavy (non-hydrogen) atoms. The Hall–Kier alpha value is 0. The Morgan fingerprint density at radius 2 is 1.58 bits per heavy atom. The molecule has 0 amide bonds. The molecule has 0 spiro atoms. The smallest absolute Gasteiger partial charge is 0.0412 e. The Kier molecular flexibility index (Phi) is 8.83. The van der Waals surface area contributed by atoms with Gasteiger partial charge in [-0.25, -0.2) is 0 Å². The molecule has 0 heteroatoms. The molecule has 0 aliphatic heterocycles. The monoisotopic (exact) mass is 266 g/mol. The minimum atomic E-state index is 0.889. The molecular formula is C19H38. The first-order chi connectivity index (χ1) is 9.11. The van der Waals surface area contributed by atoms with Gasteiger partial charge in [-0.2, -0.15) is 0 Å². The lowest BCUT2D eigenvalue weighted by Crippen LogP contribution is -2.15. The summed E-state index contributed by atoms with van der Waals surface area (Å²) in [6.07, 6.45) is 16.3. The molecule has 114 valence electrons. The van der Waals surface area contributed by atoms with Gasteiger partial charge in [0, 0.05) is 0 Å². The zero-order chi connectivity index (χ0) is 14.1. The Morgan fingerprint density at radius 1 is 0.895 bits per heavy atom. The molecule has 0 aromatic heterocycles. The summed E-state index contributed by atoms with van der Waals surface area (Å²) < 4.78 is 0. The normalized spacial score (nSPS) is 25.7. The van der Waals surface area contributed by atoms with Crippen LogP contribution < -0.4 is 0 Å². The van der Waals surface area contributed by atoms with Crippen LogP contribution in [0.3, 0.4) is 0 Å². The van der Waals surface area contributed by atoms with E-state index < -0.39 is 0 Å². The van der Waals surface area contributed by atoms with Gasteiger partial charge in [-0.3, -0.25) is 0 Å². The van der Waals surface area contributed by atoms with Crippen molar-refractivity contribution in [3.63, 3.8) is 0 Å². The Bertz CT molecular complexity index is 206. The van der Waals surface area contributed by atoms with E-state index in [4.69, 9.17) is 0 Å². The molecule has 0 heterocycles. The van der Waals surface area contributed by atoms with E-state index >= 15 is 0 Å². The van der Waals surface area contributed by atoms with Gasteiger partial charge >= 0.3 is 0 Å². The lowest BCUT2D eigenvalue weighted by Gasteiger charge is -2.28. The first-order valence-corrected chi connectivity index (χ1v) is 9.11. The molecule has 0 bridgehead atoms. The Labute approximate surface area is 122 Å². The van der Waals surface area contributed by atoms with Crippen molar-refractivity contribution in [3.8, 4) is 0 Å². The standard InChI is InChI=1S/C19H38/c1-5-18-12-8-14-19(15-18)13-7-11-17(4)10-6-9-16(2)3/h16-19H,5-15H2,1-4H3. The van der Waals surface area contributed by atoms with Crippen molar-refractivity contribution in [2.24, 2.45) is 23.7 Å². The van der Waals surface area contributed by atoms with Gasteiger partial charge in [0.25, 0.3) is 0 Å². The largest absolute Gasteiger partial charge is 0.0651 e. The fraction of sp³-hybridized carbons (Fsp3) is 1.00. The first-order valence-electron chi connectivity index (χ1n) is 9.11. The van der Waals surface area contributed by atoms with Crippen LogP contribution in [0.15, 0.2) is 0 Å². The zero-order valence-electron chi connectivity index (χ0n) is 14.1. The van der Waals surface area contributed by atoms with Crippen LogP contribution in [0, 0.1) is 23.7 Å². The summed E-state index contributed by atoms with van der Waals surface area (Å²) >= 11 is 0. The SMILES string of the molecule is CCC1CCCC(CCCC(C)CCCC(C)C)C1. The highest BCUT2D eigenvalue weighted by molar-refractivity contribution is 4.72. The first kappa shape index (κ1) is 17.1. The van der Waals surface area contributed by atoms with Crippen LogP contribution in [0.2, 0.25) is 0 Å². The van der Waals surface area contributed by atoms with Gasteiger partial charge in [-0.1, -0.05) is 91.9 Å². The fourth-order valence-corrected chi connectivity index (χ4v) is 3.81. The third kappa shape index (κ3) is 8.00. The molecule has 0 aromatic rings. The molecule has 1 rings (SSSR count). The van der Waals surface area contributed by atoms with Crippen molar-refractivity contribution in [2.75, 3.05) is 0 Å². The van der Waals surface area contributed by atoms with E-state index in [0.717, 1.165) is 23.7 Å². The molecule has 3 atom stereocenters. The number of hydrogen-bond acceptors (Lipinski definition) is 0. The van der Waals surface area contributed by atoms with Crippen molar-refractivity contribution < 1.29 is 0 Å². The predicted molar refractivity (Wildman–Crippen MR) is 87.4 cm³/mol. The van der Waals surface area contributed by atoms with Gasteiger partial charge in [0.2, 0.25) is 0 Å². The molecule has 0 N–H and O–H groups in total. The van der Waals surface area contributed by atoms with Gasteiger partial charge in [0.05, 0.1) is 0 Å². The average Bonchev–Trinajstić information content (AvgIpc) is 2.38. The molecule has 0 radical (unpaired) electrons. The summed E-state index contributed by atoms with van der Waals surface area (Å²) in [6, 6.07) is 0. The van der Waals surface area contributed by atoms with E-state index in [1.165, 1.54) is 70.6 Å². The highest BCUT2D eigenvalue weighted by atomic mass is 14.3. The number of hydrogen-bond donors (Lipinski definition) is 0. The maximum absolute atomic E-state index is 2.47. The lowest BCUT2D eigenvalue weighted by atomic mass is 9.78. The topological polar surface area (TPSA) is 0 Å². The Morgan fingerprint density at radius 3 is 2.26 bits per heavy atom. The van der Waals surface area contributed by atoms with Gasteiger partial charge in [0.1, 0.15) is 0 Å². The summed E-state index contributed by atoms with van der Waals surface area (Å²) in [5.74, 6) is 3.98. The van der Waals surface area contributed by atoms with E-state index in [-0.39, 0.29) is 0 Å². The summed E-state index contributed by atoms with van der Waals surface area (Å²) in [7, 11) is 0. The van der Waals surface area contributed by atoms with E-state index in [2.05, 4.69) is 27.7 Å². The minimum Gasteiger partial charge on any atom is -0.0651 e. The van der Waals surface area contributed by atoms with Crippen LogP contribution in [-0.4, -0.2) is 0 Å². The second kappa shape index (κ2) is 9.83. The summed E-state index contributed by atoms with van der Waals surface area (Å²) in [5, 5.41) is 0. The van der Waals surface area contributed by atoms with Crippen molar-refractivity contribution >= 4 is 0 Å². The van der Waals surface area contributed by atoms with E-state index in [1.807, 2.05) is 0 Å². The zero-order valence-corrected chi connectivity index (χ0v) is 14.1. The maximum Gasteiger partial charge on any atom is -0.0412 e. The van der Waals surface area contributed by atoms with Crippen LogP contribution in [-0.2, 0) is 0 Å². The summed E-state index contributed by atoms with van der Waals surface area (Å²) in [6.45, 7) is 9.54. The van der Waals surface area contributed by atoms with E-state index in [0.29, 0.717) is 0 Å². The van der Waals surface area contributed by atoms with Crippen molar-refractivity contribution in [1.29, 1.82) is 0 Å². The van der Waals surface area contributed by atoms with Crippen LogP contribution in [0.5, 0.6) is 0 Å². The average molecular weight is 267 g/mol. The minimum absolute atomic E-state index is 0.889. The molecular weight excluding hydrogens is 228 g/mol. The van der Waals surface area contributed by atoms with E-state index in [9.17, 15) is 0 Å². The highest BCUT2D eigenvalue weighted by Crippen LogP contribution is 2.34. The second-order valence-electron chi connectivity index (χ2n) is 7.67. The van der Waals surface area contributed by atoms with Crippen molar-refractivity contribution in [3.05, 3.63) is 0 Å². The van der Waals surface area contributed by atoms with Gasteiger partial charge in [-0.15, -0.1) is 0 Å². The molecule has 0 aromatic carbocycles. The molecule has 0 nitrogen and oxygen atoms in total. The molecule has 3 unspecified atom stereocenters. The third-order valence-corrected chi connectivity index (χ3v) is 5.26. The van der Waals surface area contributed by atoms with Crippen LogP contribution in [0.25, 0.3) is 0 Å². The van der Waals surface area contributed by atoms with Crippen LogP contribution in [0.4, 0.5) is 0 Å². The van der Waals surface area contributed by atoms with Crippen molar-refractivity contribution in [2.45, 2.75) is 98.3 Å². The van der Waals surface area contributed by atoms with Crippen molar-refractivity contribution in [1.82, 2.24) is 0 Å².